The molecule has 0 bridgehead atoms. The average molecular weight is 612 g/mol. The minimum absolute atomic E-state index is 0.269. The van der Waals surface area contributed by atoms with E-state index in [1.54, 1.807) is 48.5 Å². The zero-order valence-electron chi connectivity index (χ0n) is 20.3. The lowest BCUT2D eigenvalue weighted by molar-refractivity contribution is 0.0139. The van der Waals surface area contributed by atoms with Gasteiger partial charge in [0.1, 0.15) is 16.2 Å². The summed E-state index contributed by atoms with van der Waals surface area (Å²) in [6.07, 6.45) is 1.41. The van der Waals surface area contributed by atoms with Gasteiger partial charge in [0.05, 0.1) is 12.6 Å². The Balaban J connectivity index is 1.62. The van der Waals surface area contributed by atoms with Gasteiger partial charge in [0, 0.05) is 47.9 Å². The minimum atomic E-state index is -3.79. The van der Waals surface area contributed by atoms with Crippen LogP contribution in [0.2, 0.25) is 0 Å². The van der Waals surface area contributed by atoms with Crippen LogP contribution in [0.4, 0.5) is 4.79 Å². The van der Waals surface area contributed by atoms with Gasteiger partial charge in [-0.2, -0.15) is 0 Å². The SMILES string of the molecule is COc1ccc2c(c1)c(CN1CCN(C(=O)OC(C)(C)C)CC1)cn2S(=O)(=O)c1ccccc1I. The molecular weight excluding hydrogens is 581 g/mol. The second-order valence-electron chi connectivity index (χ2n) is 9.51. The quantitative estimate of drug-likeness (QED) is 0.395. The Morgan fingerprint density at radius 1 is 1.06 bits per heavy atom. The normalized spacial score (nSPS) is 15.4. The highest BCUT2D eigenvalue weighted by Gasteiger charge is 2.28. The summed E-state index contributed by atoms with van der Waals surface area (Å²) in [6, 6.07) is 12.4. The molecule has 0 spiro atoms. The van der Waals surface area contributed by atoms with Crippen LogP contribution in [-0.2, 0) is 21.3 Å². The number of aromatic nitrogens is 1. The number of piperazine rings is 1. The highest BCUT2D eigenvalue weighted by atomic mass is 127. The van der Waals surface area contributed by atoms with Crippen molar-refractivity contribution in [3.05, 3.63) is 57.8 Å². The van der Waals surface area contributed by atoms with Crippen molar-refractivity contribution in [1.29, 1.82) is 0 Å². The third-order valence-electron chi connectivity index (χ3n) is 5.85. The molecule has 2 aromatic carbocycles. The molecule has 8 nitrogen and oxygen atoms in total. The number of carbonyl (C=O) groups excluding carboxylic acids is 1. The van der Waals surface area contributed by atoms with E-state index in [-0.39, 0.29) is 11.0 Å². The molecular formula is C25H30IN3O5S. The Bertz CT molecular complexity index is 1340. The number of hydrogen-bond donors (Lipinski definition) is 0. The number of amides is 1. The number of nitrogens with zero attached hydrogens (tertiary/aromatic N) is 3. The highest BCUT2D eigenvalue weighted by Crippen LogP contribution is 2.31. The second kappa shape index (κ2) is 9.98. The number of methoxy groups -OCH3 is 1. The Morgan fingerprint density at radius 3 is 2.37 bits per heavy atom. The monoisotopic (exact) mass is 611 g/mol. The van der Waals surface area contributed by atoms with E-state index in [0.29, 0.717) is 47.6 Å². The summed E-state index contributed by atoms with van der Waals surface area (Å²) < 4.78 is 40.2. The van der Waals surface area contributed by atoms with Crippen molar-refractivity contribution in [2.75, 3.05) is 33.3 Å². The van der Waals surface area contributed by atoms with Crippen LogP contribution in [0.15, 0.2) is 53.6 Å². The van der Waals surface area contributed by atoms with Crippen LogP contribution in [0.3, 0.4) is 0 Å². The molecule has 1 fully saturated rings. The summed E-state index contributed by atoms with van der Waals surface area (Å²) in [6.45, 7) is 8.56. The summed E-state index contributed by atoms with van der Waals surface area (Å²) >= 11 is 2.05. The molecule has 1 aromatic heterocycles. The maximum Gasteiger partial charge on any atom is 0.410 e. The number of fused-ring (bicyclic) bond motifs is 1. The number of carbonyl (C=O) groups is 1. The topological polar surface area (TPSA) is 81.1 Å². The van der Waals surface area contributed by atoms with Crippen LogP contribution in [0.5, 0.6) is 5.75 Å². The van der Waals surface area contributed by atoms with Crippen LogP contribution < -0.4 is 4.74 Å². The Hall–Kier alpha value is -2.31. The van der Waals surface area contributed by atoms with Crippen molar-refractivity contribution in [3.63, 3.8) is 0 Å². The largest absolute Gasteiger partial charge is 0.497 e. The fourth-order valence-corrected chi connectivity index (χ4v) is 6.80. The molecule has 0 unspecified atom stereocenters. The van der Waals surface area contributed by atoms with E-state index >= 15 is 0 Å². The van der Waals surface area contributed by atoms with Gasteiger partial charge in [-0.3, -0.25) is 4.90 Å². The van der Waals surface area contributed by atoms with Gasteiger partial charge in [-0.1, -0.05) is 12.1 Å². The van der Waals surface area contributed by atoms with E-state index in [0.717, 1.165) is 10.9 Å². The number of halogens is 1. The molecule has 10 heteroatoms. The van der Waals surface area contributed by atoms with Crippen molar-refractivity contribution in [2.24, 2.45) is 0 Å². The molecule has 0 N–H and O–H groups in total. The third-order valence-corrected chi connectivity index (χ3v) is 8.89. The van der Waals surface area contributed by atoms with Crippen molar-refractivity contribution >= 4 is 49.6 Å². The standard InChI is InChI=1S/C25H30IN3O5S/c1-25(2,3)34-24(30)28-13-11-27(12-14-28)16-18-17-29(22-10-9-19(33-4)15-20(18)22)35(31,32)23-8-6-5-7-21(23)26/h5-10,15,17H,11-14,16H2,1-4H3. The molecule has 1 amide bonds. The zero-order valence-corrected chi connectivity index (χ0v) is 23.3. The van der Waals surface area contributed by atoms with E-state index in [1.165, 1.54) is 3.97 Å². The Morgan fingerprint density at radius 2 is 1.74 bits per heavy atom. The average Bonchev–Trinajstić information content (AvgIpc) is 3.17. The Labute approximate surface area is 220 Å². The van der Waals surface area contributed by atoms with Crippen molar-refractivity contribution in [3.8, 4) is 5.75 Å². The van der Waals surface area contributed by atoms with Crippen LogP contribution in [-0.4, -0.2) is 67.2 Å². The van der Waals surface area contributed by atoms with E-state index in [2.05, 4.69) is 27.5 Å². The van der Waals surface area contributed by atoms with Gasteiger partial charge >= 0.3 is 6.09 Å². The molecule has 35 heavy (non-hydrogen) atoms. The summed E-state index contributed by atoms with van der Waals surface area (Å²) in [4.78, 5) is 16.6. The van der Waals surface area contributed by atoms with Crippen molar-refractivity contribution in [1.82, 2.24) is 13.8 Å². The van der Waals surface area contributed by atoms with Gasteiger partial charge in [0.25, 0.3) is 10.0 Å². The van der Waals surface area contributed by atoms with Gasteiger partial charge < -0.3 is 14.4 Å². The maximum absolute atomic E-state index is 13.6. The van der Waals surface area contributed by atoms with Crippen molar-refractivity contribution < 1.29 is 22.7 Å². The number of rotatable bonds is 5. The predicted octanol–water partition coefficient (Wildman–Crippen LogP) is 4.54. The molecule has 0 atom stereocenters. The molecule has 4 rings (SSSR count). The van der Waals surface area contributed by atoms with E-state index in [1.807, 2.05) is 32.9 Å². The second-order valence-corrected chi connectivity index (χ2v) is 12.5. The molecule has 0 aliphatic carbocycles. The first-order chi connectivity index (χ1) is 16.5. The van der Waals surface area contributed by atoms with Crippen molar-refractivity contribution in [2.45, 2.75) is 37.8 Å². The minimum Gasteiger partial charge on any atom is -0.497 e. The van der Waals surface area contributed by atoms with Crippen LogP contribution in [0.1, 0.15) is 26.3 Å². The Kier molecular flexibility index (Phi) is 7.35. The smallest absolute Gasteiger partial charge is 0.410 e. The summed E-state index contributed by atoms with van der Waals surface area (Å²) in [5.41, 5.74) is 0.962. The van der Waals surface area contributed by atoms with Gasteiger partial charge in [0.2, 0.25) is 0 Å². The van der Waals surface area contributed by atoms with E-state index in [9.17, 15) is 13.2 Å². The predicted molar refractivity (Wildman–Crippen MR) is 143 cm³/mol. The molecule has 1 aliphatic heterocycles. The molecule has 1 saturated heterocycles. The number of benzene rings is 2. The van der Waals surface area contributed by atoms with Crippen LogP contribution >= 0.6 is 22.6 Å². The lowest BCUT2D eigenvalue weighted by Gasteiger charge is -2.35. The molecule has 2 heterocycles. The summed E-state index contributed by atoms with van der Waals surface area (Å²) in [5, 5.41) is 0.827. The molecule has 0 saturated carbocycles. The fourth-order valence-electron chi connectivity index (χ4n) is 4.11. The first-order valence-electron chi connectivity index (χ1n) is 11.4. The van der Waals surface area contributed by atoms with Crippen LogP contribution in [0.25, 0.3) is 10.9 Å². The van der Waals surface area contributed by atoms with E-state index < -0.39 is 15.6 Å². The van der Waals surface area contributed by atoms with Gasteiger partial charge in [-0.25, -0.2) is 17.2 Å². The molecule has 1 aliphatic rings. The highest BCUT2D eigenvalue weighted by molar-refractivity contribution is 14.1. The van der Waals surface area contributed by atoms with Gasteiger partial charge in [0.15, 0.2) is 0 Å². The summed E-state index contributed by atoms with van der Waals surface area (Å²) in [5.74, 6) is 0.665. The number of hydrogen-bond acceptors (Lipinski definition) is 6. The lowest BCUT2D eigenvalue weighted by atomic mass is 10.1. The third kappa shape index (κ3) is 5.59. The molecule has 3 aromatic rings. The molecule has 188 valence electrons. The zero-order chi connectivity index (χ0) is 25.4. The van der Waals surface area contributed by atoms with Crippen LogP contribution in [0, 0.1) is 3.57 Å². The number of ether oxygens (including phenoxy) is 2. The first-order valence-corrected chi connectivity index (χ1v) is 13.9. The summed E-state index contributed by atoms with van der Waals surface area (Å²) in [7, 11) is -2.20. The fraction of sp³-hybridized carbons (Fsp3) is 0.400. The lowest BCUT2D eigenvalue weighted by Crippen LogP contribution is -2.49. The maximum atomic E-state index is 13.6. The van der Waals surface area contributed by atoms with Gasteiger partial charge in [-0.15, -0.1) is 0 Å². The molecule has 0 radical (unpaired) electrons. The van der Waals surface area contributed by atoms with E-state index in [4.69, 9.17) is 9.47 Å². The van der Waals surface area contributed by atoms with Gasteiger partial charge in [-0.05, 0) is 79.3 Å². The first kappa shape index (κ1) is 25.8.